The van der Waals surface area contributed by atoms with Crippen LogP contribution in [0.1, 0.15) is 54.9 Å². The summed E-state index contributed by atoms with van der Waals surface area (Å²) in [6.07, 6.45) is 3.48. The van der Waals surface area contributed by atoms with Gasteiger partial charge in [0.05, 0.1) is 0 Å². The molecule has 0 rings (SSSR count). The minimum Gasteiger partial charge on any atom is -0.0854 e. The highest BCUT2D eigenvalue weighted by atomic mass is 14.1. The van der Waals surface area contributed by atoms with Crippen LogP contribution in [0.4, 0.5) is 0 Å². The van der Waals surface area contributed by atoms with E-state index in [4.69, 9.17) is 0 Å². The SMILES string of the molecule is CC.CC(C)=CCC(C)(C)C. The van der Waals surface area contributed by atoms with Gasteiger partial charge in [0.15, 0.2) is 0 Å². The summed E-state index contributed by atoms with van der Waals surface area (Å²) < 4.78 is 0. The second kappa shape index (κ2) is 6.45. The first-order valence-corrected chi connectivity index (χ1v) is 4.55. The van der Waals surface area contributed by atoms with E-state index in [1.807, 2.05) is 13.8 Å². The fourth-order valence-electron chi connectivity index (χ4n) is 0.510. The van der Waals surface area contributed by atoms with Gasteiger partial charge < -0.3 is 0 Å². The van der Waals surface area contributed by atoms with E-state index in [1.54, 1.807) is 0 Å². The Balaban J connectivity index is 0. The third kappa shape index (κ3) is 17.7. The van der Waals surface area contributed by atoms with E-state index < -0.39 is 0 Å². The average molecular weight is 156 g/mol. The summed E-state index contributed by atoms with van der Waals surface area (Å²) in [5, 5.41) is 0. The molecule has 0 amide bonds. The number of allylic oxidation sites excluding steroid dienone is 2. The zero-order valence-corrected chi connectivity index (χ0v) is 9.28. The number of hydrogen-bond donors (Lipinski definition) is 0. The standard InChI is InChI=1S/C9H18.C2H6/c1-8(2)6-7-9(3,4)5;1-2/h6H,7H2,1-5H3;1-2H3. The van der Waals surface area contributed by atoms with Gasteiger partial charge in [-0.05, 0) is 25.7 Å². The lowest BCUT2D eigenvalue weighted by Gasteiger charge is -2.14. The van der Waals surface area contributed by atoms with Crippen LogP contribution in [-0.2, 0) is 0 Å². The van der Waals surface area contributed by atoms with Crippen molar-refractivity contribution in [1.82, 2.24) is 0 Å². The Morgan fingerprint density at radius 2 is 1.45 bits per heavy atom. The lowest BCUT2D eigenvalue weighted by Crippen LogP contribution is -2.01. The van der Waals surface area contributed by atoms with Gasteiger partial charge in [-0.3, -0.25) is 0 Å². The van der Waals surface area contributed by atoms with Crippen molar-refractivity contribution in [3.8, 4) is 0 Å². The van der Waals surface area contributed by atoms with Crippen molar-refractivity contribution in [2.24, 2.45) is 5.41 Å². The molecule has 11 heavy (non-hydrogen) atoms. The molecule has 0 bridgehead atoms. The first-order valence-electron chi connectivity index (χ1n) is 4.55. The van der Waals surface area contributed by atoms with Crippen LogP contribution in [0.15, 0.2) is 11.6 Å². The first kappa shape index (κ1) is 13.3. The summed E-state index contributed by atoms with van der Waals surface area (Å²) >= 11 is 0. The van der Waals surface area contributed by atoms with Crippen molar-refractivity contribution >= 4 is 0 Å². The smallest absolute Gasteiger partial charge is 0.0299 e. The molecule has 0 heterocycles. The molecule has 0 heteroatoms. The van der Waals surface area contributed by atoms with Gasteiger partial charge in [-0.25, -0.2) is 0 Å². The van der Waals surface area contributed by atoms with Gasteiger partial charge >= 0.3 is 0 Å². The predicted molar refractivity (Wildman–Crippen MR) is 54.9 cm³/mol. The molecule has 0 saturated heterocycles. The molecular weight excluding hydrogens is 132 g/mol. The largest absolute Gasteiger partial charge is 0.0854 e. The summed E-state index contributed by atoms with van der Waals surface area (Å²) in [7, 11) is 0. The molecule has 0 nitrogen and oxygen atoms in total. The second-order valence-corrected chi connectivity index (χ2v) is 4.05. The summed E-state index contributed by atoms with van der Waals surface area (Å²) in [6.45, 7) is 15.1. The molecule has 0 aromatic heterocycles. The van der Waals surface area contributed by atoms with E-state index in [1.165, 1.54) is 12.0 Å². The Morgan fingerprint density at radius 3 is 1.55 bits per heavy atom. The second-order valence-electron chi connectivity index (χ2n) is 4.05. The minimum atomic E-state index is 0.456. The normalized spacial score (nSPS) is 9.73. The molecule has 0 aliphatic rings. The highest BCUT2D eigenvalue weighted by Gasteiger charge is 2.06. The molecule has 0 aliphatic carbocycles. The van der Waals surface area contributed by atoms with Crippen molar-refractivity contribution in [2.45, 2.75) is 54.9 Å². The van der Waals surface area contributed by atoms with Gasteiger partial charge in [-0.15, -0.1) is 0 Å². The molecule has 0 aromatic rings. The summed E-state index contributed by atoms with van der Waals surface area (Å²) in [5.41, 5.74) is 1.88. The zero-order chi connectivity index (χ0) is 9.49. The van der Waals surface area contributed by atoms with Crippen molar-refractivity contribution in [3.63, 3.8) is 0 Å². The maximum Gasteiger partial charge on any atom is -0.0299 e. The van der Waals surface area contributed by atoms with Gasteiger partial charge in [0.25, 0.3) is 0 Å². The van der Waals surface area contributed by atoms with Crippen LogP contribution in [0.2, 0.25) is 0 Å². The molecule has 0 aliphatic heterocycles. The maximum absolute atomic E-state index is 2.29. The van der Waals surface area contributed by atoms with Crippen molar-refractivity contribution in [2.75, 3.05) is 0 Å². The van der Waals surface area contributed by atoms with Crippen LogP contribution in [0, 0.1) is 5.41 Å². The quantitative estimate of drug-likeness (QED) is 0.493. The summed E-state index contributed by atoms with van der Waals surface area (Å²) in [6, 6.07) is 0. The molecule has 0 unspecified atom stereocenters. The number of hydrogen-bond acceptors (Lipinski definition) is 0. The lowest BCUT2D eigenvalue weighted by atomic mass is 9.91. The van der Waals surface area contributed by atoms with E-state index in [-0.39, 0.29) is 0 Å². The van der Waals surface area contributed by atoms with E-state index in [0.717, 1.165) is 0 Å². The first-order chi connectivity index (χ1) is 4.92. The van der Waals surface area contributed by atoms with Crippen molar-refractivity contribution in [1.29, 1.82) is 0 Å². The van der Waals surface area contributed by atoms with Crippen LogP contribution in [0.25, 0.3) is 0 Å². The molecular formula is C11H24. The molecule has 68 valence electrons. The van der Waals surface area contributed by atoms with Crippen LogP contribution in [0.5, 0.6) is 0 Å². The van der Waals surface area contributed by atoms with Crippen LogP contribution >= 0.6 is 0 Å². The van der Waals surface area contributed by atoms with E-state index in [9.17, 15) is 0 Å². The van der Waals surface area contributed by atoms with Gasteiger partial charge in [-0.1, -0.05) is 46.3 Å². The Hall–Kier alpha value is -0.260. The van der Waals surface area contributed by atoms with Crippen LogP contribution in [0.3, 0.4) is 0 Å². The van der Waals surface area contributed by atoms with Crippen LogP contribution < -0.4 is 0 Å². The van der Waals surface area contributed by atoms with Gasteiger partial charge in [0.1, 0.15) is 0 Å². The molecule has 0 atom stereocenters. The van der Waals surface area contributed by atoms with E-state index in [0.29, 0.717) is 5.41 Å². The highest BCUT2D eigenvalue weighted by molar-refractivity contribution is 4.94. The molecule has 0 radical (unpaired) electrons. The summed E-state index contributed by atoms with van der Waals surface area (Å²) in [4.78, 5) is 0. The topological polar surface area (TPSA) is 0 Å². The molecule has 0 aromatic carbocycles. The maximum atomic E-state index is 2.29. The van der Waals surface area contributed by atoms with Gasteiger partial charge in [0, 0.05) is 0 Å². The van der Waals surface area contributed by atoms with E-state index in [2.05, 4.69) is 40.7 Å². The predicted octanol–water partition coefficient (Wildman–Crippen LogP) is 4.42. The molecule has 0 N–H and O–H groups in total. The monoisotopic (exact) mass is 156 g/mol. The Morgan fingerprint density at radius 1 is 1.09 bits per heavy atom. The lowest BCUT2D eigenvalue weighted by molar-refractivity contribution is 0.419. The molecule has 0 spiro atoms. The van der Waals surface area contributed by atoms with Crippen LogP contribution in [-0.4, -0.2) is 0 Å². The Bertz CT molecular complexity index is 97.7. The van der Waals surface area contributed by atoms with Gasteiger partial charge in [0.2, 0.25) is 0 Å². The Labute approximate surface area is 72.7 Å². The Kier molecular flexibility index (Phi) is 7.82. The average Bonchev–Trinajstić information content (AvgIpc) is 1.87. The third-order valence-electron chi connectivity index (χ3n) is 1.12. The molecule has 0 fully saturated rings. The number of rotatable bonds is 1. The van der Waals surface area contributed by atoms with Gasteiger partial charge in [-0.2, -0.15) is 0 Å². The van der Waals surface area contributed by atoms with E-state index >= 15 is 0 Å². The fraction of sp³-hybridized carbons (Fsp3) is 0.818. The minimum absolute atomic E-state index is 0.456. The molecule has 0 saturated carbocycles. The zero-order valence-electron chi connectivity index (χ0n) is 9.28. The highest BCUT2D eigenvalue weighted by Crippen LogP contribution is 2.19. The summed E-state index contributed by atoms with van der Waals surface area (Å²) in [5.74, 6) is 0. The fourth-order valence-corrected chi connectivity index (χ4v) is 0.510. The van der Waals surface area contributed by atoms with Crippen molar-refractivity contribution < 1.29 is 0 Å². The van der Waals surface area contributed by atoms with Crippen molar-refractivity contribution in [3.05, 3.63) is 11.6 Å². The third-order valence-corrected chi connectivity index (χ3v) is 1.12.